The number of aromatic nitrogens is 2. The van der Waals surface area contributed by atoms with Crippen LogP contribution in [-0.2, 0) is 0 Å². The molecule has 31 heavy (non-hydrogen) atoms. The fourth-order valence-corrected chi connectivity index (χ4v) is 3.88. The number of ether oxygens (including phenoxy) is 1. The van der Waals surface area contributed by atoms with Gasteiger partial charge in [-0.2, -0.15) is 5.10 Å². The zero-order valence-electron chi connectivity index (χ0n) is 17.0. The molecule has 1 saturated heterocycles. The zero-order chi connectivity index (χ0) is 22.1. The number of nitrogen functional groups attached to an aromatic ring is 1. The number of hydrogen-bond donors (Lipinski definition) is 2. The number of hydrogen-bond acceptors (Lipinski definition) is 5. The van der Waals surface area contributed by atoms with Gasteiger partial charge in [-0.25, -0.2) is 13.5 Å². The highest BCUT2D eigenvalue weighted by Gasteiger charge is 2.27. The number of likely N-dealkylation sites (N-methyl/N-ethyl adjacent to an activating group) is 1. The van der Waals surface area contributed by atoms with E-state index in [9.17, 15) is 13.6 Å². The van der Waals surface area contributed by atoms with Gasteiger partial charge in [-0.05, 0) is 62.8 Å². The Balaban J connectivity index is 1.64. The molecule has 0 aliphatic carbocycles. The van der Waals surface area contributed by atoms with Crippen LogP contribution in [0.5, 0.6) is 11.5 Å². The average Bonchev–Trinajstić information content (AvgIpc) is 3.08. The van der Waals surface area contributed by atoms with Gasteiger partial charge in [0.1, 0.15) is 28.6 Å². The molecule has 2 aromatic carbocycles. The summed E-state index contributed by atoms with van der Waals surface area (Å²) in [5, 5.41) is 4.62. The molecule has 1 amide bonds. The second-order valence-corrected chi connectivity index (χ2v) is 7.68. The first-order valence-corrected chi connectivity index (χ1v) is 9.93. The van der Waals surface area contributed by atoms with E-state index in [1.807, 2.05) is 7.05 Å². The van der Waals surface area contributed by atoms with Crippen molar-refractivity contribution in [3.63, 3.8) is 0 Å². The number of carbonyl (C=O) groups is 1. The maximum absolute atomic E-state index is 13.8. The lowest BCUT2D eigenvalue weighted by atomic mass is 10.1. The van der Waals surface area contributed by atoms with Crippen molar-refractivity contribution in [2.75, 3.05) is 25.9 Å². The number of benzene rings is 2. The van der Waals surface area contributed by atoms with Crippen LogP contribution in [0.2, 0.25) is 0 Å². The molecule has 0 bridgehead atoms. The van der Waals surface area contributed by atoms with Crippen LogP contribution in [0.1, 0.15) is 29.2 Å². The van der Waals surface area contributed by atoms with E-state index in [-0.39, 0.29) is 23.2 Å². The summed E-state index contributed by atoms with van der Waals surface area (Å²) in [6.07, 6.45) is 1.91. The lowest BCUT2D eigenvalue weighted by Gasteiger charge is -2.30. The number of primary amides is 1. The number of rotatable bonds is 5. The number of piperidine rings is 1. The molecule has 162 valence electrons. The number of likely N-dealkylation sites (tertiary alicyclic amines) is 1. The van der Waals surface area contributed by atoms with E-state index in [1.54, 1.807) is 28.9 Å². The fraction of sp³-hybridized carbons (Fsp3) is 0.273. The number of carbonyl (C=O) groups excluding carboxylic acids is 1. The number of anilines is 1. The van der Waals surface area contributed by atoms with Crippen molar-refractivity contribution in [3.8, 4) is 22.8 Å². The van der Waals surface area contributed by atoms with E-state index in [0.29, 0.717) is 17.0 Å². The number of amides is 1. The lowest BCUT2D eigenvalue weighted by Crippen LogP contribution is -2.34. The van der Waals surface area contributed by atoms with E-state index in [2.05, 4.69) is 10.00 Å². The molecule has 0 spiro atoms. The Kier molecular flexibility index (Phi) is 5.60. The fourth-order valence-electron chi connectivity index (χ4n) is 3.88. The molecule has 1 unspecified atom stereocenters. The minimum Gasteiger partial charge on any atom is -0.454 e. The summed E-state index contributed by atoms with van der Waals surface area (Å²) in [6.45, 7) is 1.78. The van der Waals surface area contributed by atoms with Crippen molar-refractivity contribution in [2.45, 2.75) is 18.9 Å². The van der Waals surface area contributed by atoms with Crippen molar-refractivity contribution in [2.24, 2.45) is 5.73 Å². The first-order chi connectivity index (χ1) is 14.8. The van der Waals surface area contributed by atoms with Crippen LogP contribution in [0.25, 0.3) is 11.3 Å². The third-order valence-corrected chi connectivity index (χ3v) is 5.39. The van der Waals surface area contributed by atoms with E-state index >= 15 is 0 Å². The van der Waals surface area contributed by atoms with Crippen molar-refractivity contribution < 1.29 is 18.3 Å². The minimum atomic E-state index is -0.802. The summed E-state index contributed by atoms with van der Waals surface area (Å²) in [5.41, 5.74) is 13.0. The number of nitrogens with two attached hydrogens (primary N) is 2. The monoisotopic (exact) mass is 427 g/mol. The van der Waals surface area contributed by atoms with Crippen LogP contribution >= 0.6 is 0 Å². The van der Waals surface area contributed by atoms with Crippen LogP contribution < -0.4 is 16.2 Å². The van der Waals surface area contributed by atoms with Crippen molar-refractivity contribution in [1.29, 1.82) is 0 Å². The van der Waals surface area contributed by atoms with Crippen LogP contribution in [0, 0.1) is 11.6 Å². The predicted molar refractivity (Wildman–Crippen MR) is 113 cm³/mol. The summed E-state index contributed by atoms with van der Waals surface area (Å²) in [7, 11) is 2.03. The minimum absolute atomic E-state index is 0.0506. The molecule has 1 fully saturated rings. The van der Waals surface area contributed by atoms with Gasteiger partial charge in [0.25, 0.3) is 5.91 Å². The molecule has 0 radical (unpaired) electrons. The van der Waals surface area contributed by atoms with Crippen molar-refractivity contribution in [1.82, 2.24) is 14.7 Å². The van der Waals surface area contributed by atoms with Gasteiger partial charge in [0.2, 0.25) is 0 Å². The topological polar surface area (TPSA) is 99.4 Å². The number of halogens is 2. The summed E-state index contributed by atoms with van der Waals surface area (Å²) >= 11 is 0. The Bertz CT molecular complexity index is 1110. The Morgan fingerprint density at radius 3 is 2.58 bits per heavy atom. The van der Waals surface area contributed by atoms with Gasteiger partial charge in [-0.15, -0.1) is 0 Å². The normalized spacial score (nSPS) is 16.9. The molecule has 1 aromatic heterocycles. The van der Waals surface area contributed by atoms with Gasteiger partial charge in [0.05, 0.1) is 6.04 Å². The highest BCUT2D eigenvalue weighted by Crippen LogP contribution is 2.33. The van der Waals surface area contributed by atoms with E-state index < -0.39 is 17.5 Å². The third kappa shape index (κ3) is 4.22. The van der Waals surface area contributed by atoms with E-state index in [1.165, 1.54) is 6.07 Å². The second kappa shape index (κ2) is 8.35. The molecule has 2 heterocycles. The van der Waals surface area contributed by atoms with Gasteiger partial charge in [0.15, 0.2) is 11.6 Å². The summed E-state index contributed by atoms with van der Waals surface area (Å²) < 4.78 is 34.1. The smallest absolute Gasteiger partial charge is 0.254 e. The lowest BCUT2D eigenvalue weighted by molar-refractivity contribution is 0.100. The molecular formula is C22H23F2N5O2. The standard InChI is InChI=1S/C22H23F2N5O2/c1-28-10-2-3-15(12-28)29-21(25)19(22(26)30)20(27-29)13-4-7-16(8-5-13)31-18-9-6-14(23)11-17(18)24/h4-9,11,15H,2-3,10,12,25H2,1H3,(H2,26,30). The van der Waals surface area contributed by atoms with Gasteiger partial charge in [-0.3, -0.25) is 4.79 Å². The van der Waals surface area contributed by atoms with E-state index in [4.69, 9.17) is 16.2 Å². The second-order valence-electron chi connectivity index (χ2n) is 7.68. The largest absolute Gasteiger partial charge is 0.454 e. The molecule has 3 aromatic rings. The van der Waals surface area contributed by atoms with E-state index in [0.717, 1.165) is 38.1 Å². The van der Waals surface area contributed by atoms with Gasteiger partial charge < -0.3 is 21.1 Å². The maximum Gasteiger partial charge on any atom is 0.254 e. The summed E-state index contributed by atoms with van der Waals surface area (Å²) in [4.78, 5) is 14.3. The molecular weight excluding hydrogens is 404 g/mol. The van der Waals surface area contributed by atoms with Crippen molar-refractivity contribution in [3.05, 3.63) is 59.7 Å². The Morgan fingerprint density at radius 2 is 1.94 bits per heavy atom. The van der Waals surface area contributed by atoms with Crippen molar-refractivity contribution >= 4 is 11.7 Å². The molecule has 9 heteroatoms. The first kappa shape index (κ1) is 20.8. The summed E-state index contributed by atoms with van der Waals surface area (Å²) in [6, 6.07) is 9.71. The van der Waals surface area contributed by atoms with Gasteiger partial charge in [-0.1, -0.05) is 0 Å². The molecule has 4 N–H and O–H groups in total. The Labute approximate surface area is 178 Å². The highest BCUT2D eigenvalue weighted by molar-refractivity contribution is 6.03. The Hall–Kier alpha value is -3.46. The molecule has 0 saturated carbocycles. The van der Waals surface area contributed by atoms with Gasteiger partial charge >= 0.3 is 0 Å². The van der Waals surface area contributed by atoms with Crippen LogP contribution in [0.4, 0.5) is 14.6 Å². The highest BCUT2D eigenvalue weighted by atomic mass is 19.1. The van der Waals surface area contributed by atoms with Crippen LogP contribution in [-0.4, -0.2) is 40.7 Å². The molecule has 7 nitrogen and oxygen atoms in total. The summed E-state index contributed by atoms with van der Waals surface area (Å²) in [5.74, 6) is -1.65. The molecule has 1 aliphatic heterocycles. The maximum atomic E-state index is 13.8. The quantitative estimate of drug-likeness (QED) is 0.649. The van der Waals surface area contributed by atoms with Gasteiger partial charge in [0, 0.05) is 18.2 Å². The molecule has 4 rings (SSSR count). The third-order valence-electron chi connectivity index (χ3n) is 5.39. The SMILES string of the molecule is CN1CCCC(n2nc(-c3ccc(Oc4ccc(F)cc4F)cc3)c(C(N)=O)c2N)C1. The zero-order valence-corrected chi connectivity index (χ0v) is 17.0. The molecule has 1 atom stereocenters. The molecule has 1 aliphatic rings. The Morgan fingerprint density at radius 1 is 1.19 bits per heavy atom. The average molecular weight is 427 g/mol. The predicted octanol–water partition coefficient (Wildman–Crippen LogP) is 3.57. The number of nitrogens with zero attached hydrogens (tertiary/aromatic N) is 3. The van der Waals surface area contributed by atoms with Crippen LogP contribution in [0.3, 0.4) is 0 Å². The first-order valence-electron chi connectivity index (χ1n) is 9.93. The van der Waals surface area contributed by atoms with Crippen LogP contribution in [0.15, 0.2) is 42.5 Å².